The summed E-state index contributed by atoms with van der Waals surface area (Å²) in [5, 5.41) is 9.14. The summed E-state index contributed by atoms with van der Waals surface area (Å²) in [7, 11) is -4.31. The minimum Gasteiger partial charge on any atom is -0.748 e. The second kappa shape index (κ2) is 18.9. The third kappa shape index (κ3) is 18.6. The van der Waals surface area contributed by atoms with Crippen molar-refractivity contribution in [2.75, 3.05) is 0 Å². The summed E-state index contributed by atoms with van der Waals surface area (Å²) in [5.41, 5.74) is 0. The molecule has 0 aromatic carbocycles. The van der Waals surface area contributed by atoms with Gasteiger partial charge in [0.05, 0.1) is 21.5 Å². The summed E-state index contributed by atoms with van der Waals surface area (Å²) in [5.74, 6) is 0. The van der Waals surface area contributed by atoms with E-state index < -0.39 is 21.5 Å². The number of hydrogen-bond donors (Lipinski definition) is 1. The van der Waals surface area contributed by atoms with Crippen LogP contribution in [0, 0.1) is 0 Å². The second-order valence-corrected chi connectivity index (χ2v) is 8.77. The van der Waals surface area contributed by atoms with E-state index in [1.54, 1.807) is 0 Å². The first kappa shape index (κ1) is 28.7. The first-order chi connectivity index (χ1) is 11.4. The van der Waals surface area contributed by atoms with Crippen LogP contribution in [-0.2, 0) is 10.1 Å². The van der Waals surface area contributed by atoms with Gasteiger partial charge in [-0.2, -0.15) is 0 Å². The molecule has 0 radical (unpaired) electrons. The predicted octanol–water partition coefficient (Wildman–Crippen LogP) is 2.16. The average Bonchev–Trinajstić information content (AvgIpc) is 2.52. The van der Waals surface area contributed by atoms with E-state index in [2.05, 4.69) is 13.8 Å². The fraction of sp³-hybridized carbons (Fsp3) is 1.00. The van der Waals surface area contributed by atoms with Crippen LogP contribution in [0.1, 0.15) is 110 Å². The fourth-order valence-corrected chi connectivity index (χ4v) is 4.03. The van der Waals surface area contributed by atoms with Gasteiger partial charge in [-0.3, -0.25) is 0 Å². The molecule has 2 atom stereocenters. The number of hydrogen-bond acceptors (Lipinski definition) is 4. The number of rotatable bonds is 17. The maximum absolute atomic E-state index is 11.4. The van der Waals surface area contributed by atoms with Crippen molar-refractivity contribution < 1.29 is 69.5 Å². The van der Waals surface area contributed by atoms with Gasteiger partial charge < -0.3 is 9.66 Å². The average molecular weight is 403 g/mol. The topological polar surface area (TPSA) is 77.4 Å². The van der Waals surface area contributed by atoms with E-state index in [-0.39, 0.29) is 57.8 Å². The van der Waals surface area contributed by atoms with Gasteiger partial charge >= 0.3 is 51.4 Å². The van der Waals surface area contributed by atoms with Crippen molar-refractivity contribution in [1.29, 1.82) is 0 Å². The Morgan fingerprint density at radius 1 is 0.760 bits per heavy atom. The third-order valence-corrected chi connectivity index (χ3v) is 5.96. The van der Waals surface area contributed by atoms with Crippen molar-refractivity contribution in [3.05, 3.63) is 0 Å². The van der Waals surface area contributed by atoms with Crippen LogP contribution in [0.3, 0.4) is 0 Å². The molecule has 0 aliphatic heterocycles. The van der Waals surface area contributed by atoms with E-state index in [1.807, 2.05) is 0 Å². The summed E-state index contributed by atoms with van der Waals surface area (Å²) in [6.45, 7) is 4.30. The molecule has 0 aromatic rings. The van der Waals surface area contributed by atoms with Crippen LogP contribution >= 0.6 is 0 Å². The molecule has 2 unspecified atom stereocenters. The Morgan fingerprint density at radius 2 is 1.16 bits per heavy atom. The summed E-state index contributed by atoms with van der Waals surface area (Å²) >= 11 is 0. The SMILES string of the molecule is CCCCCCCCCCC(O)CC(CCCCCC)S(=O)(=O)[O-].[K+]. The molecule has 0 aliphatic carbocycles. The second-order valence-electron chi connectivity index (χ2n) is 7.12. The predicted molar refractivity (Wildman–Crippen MR) is 100 cm³/mol. The van der Waals surface area contributed by atoms with E-state index in [9.17, 15) is 18.1 Å². The smallest absolute Gasteiger partial charge is 0.748 e. The van der Waals surface area contributed by atoms with Crippen molar-refractivity contribution in [1.82, 2.24) is 0 Å². The van der Waals surface area contributed by atoms with Crippen LogP contribution in [0.4, 0.5) is 0 Å². The van der Waals surface area contributed by atoms with Crippen molar-refractivity contribution >= 4 is 10.1 Å². The molecule has 0 aliphatic rings. The normalized spacial score (nSPS) is 14.1. The Bertz CT molecular complexity index is 374. The van der Waals surface area contributed by atoms with Crippen LogP contribution in [0.15, 0.2) is 0 Å². The van der Waals surface area contributed by atoms with E-state index in [1.165, 1.54) is 38.5 Å². The molecular weight excluding hydrogens is 363 g/mol. The summed E-state index contributed by atoms with van der Waals surface area (Å²) < 4.78 is 34.1. The van der Waals surface area contributed by atoms with Gasteiger partial charge in [0.2, 0.25) is 0 Å². The Balaban J connectivity index is 0. The zero-order chi connectivity index (χ0) is 18.3. The van der Waals surface area contributed by atoms with Crippen LogP contribution in [0.2, 0.25) is 0 Å². The Hall–Kier alpha value is 1.51. The molecule has 0 spiro atoms. The molecule has 0 rings (SSSR count). The van der Waals surface area contributed by atoms with Gasteiger partial charge in [0, 0.05) is 0 Å². The van der Waals surface area contributed by atoms with Crippen molar-refractivity contribution in [2.24, 2.45) is 0 Å². The summed E-state index contributed by atoms with van der Waals surface area (Å²) in [6, 6.07) is 0. The van der Waals surface area contributed by atoms with Crippen LogP contribution in [0.25, 0.3) is 0 Å². The minimum atomic E-state index is -4.31. The Kier molecular flexibility index (Phi) is 21.7. The number of unbranched alkanes of at least 4 members (excludes halogenated alkanes) is 10. The number of aliphatic hydroxyl groups is 1. The molecule has 0 amide bonds. The minimum absolute atomic E-state index is 0. The first-order valence-corrected chi connectivity index (χ1v) is 11.5. The molecule has 0 saturated heterocycles. The van der Waals surface area contributed by atoms with Gasteiger partial charge in [-0.1, -0.05) is 90.9 Å². The van der Waals surface area contributed by atoms with Crippen LogP contribution in [-0.4, -0.2) is 29.4 Å². The fourth-order valence-electron chi connectivity index (χ4n) is 3.11. The molecule has 0 aromatic heterocycles. The Morgan fingerprint density at radius 3 is 1.64 bits per heavy atom. The molecule has 0 heterocycles. The van der Waals surface area contributed by atoms with Gasteiger partial charge in [-0.25, -0.2) is 8.42 Å². The molecule has 25 heavy (non-hydrogen) atoms. The largest absolute Gasteiger partial charge is 1.00 e. The Labute approximate surface area is 199 Å². The van der Waals surface area contributed by atoms with E-state index in [4.69, 9.17) is 0 Å². The van der Waals surface area contributed by atoms with Crippen molar-refractivity contribution in [3.63, 3.8) is 0 Å². The molecule has 6 heteroatoms. The van der Waals surface area contributed by atoms with E-state index in [0.717, 1.165) is 38.5 Å². The molecule has 0 bridgehead atoms. The zero-order valence-corrected chi connectivity index (χ0v) is 20.8. The van der Waals surface area contributed by atoms with Crippen LogP contribution in [0.5, 0.6) is 0 Å². The van der Waals surface area contributed by atoms with Gasteiger partial charge in [-0.15, -0.1) is 0 Å². The molecular formula is C19H39KO4S. The van der Waals surface area contributed by atoms with Gasteiger partial charge in [-0.05, 0) is 19.3 Å². The van der Waals surface area contributed by atoms with E-state index in [0.29, 0.717) is 12.8 Å². The molecule has 146 valence electrons. The maximum Gasteiger partial charge on any atom is 1.00 e. The molecule has 0 fully saturated rings. The van der Waals surface area contributed by atoms with Gasteiger partial charge in [0.1, 0.15) is 0 Å². The maximum atomic E-state index is 11.4. The van der Waals surface area contributed by atoms with Crippen molar-refractivity contribution in [2.45, 2.75) is 122 Å². The number of aliphatic hydroxyl groups excluding tert-OH is 1. The molecule has 1 N–H and O–H groups in total. The van der Waals surface area contributed by atoms with Crippen molar-refractivity contribution in [3.8, 4) is 0 Å². The van der Waals surface area contributed by atoms with Gasteiger partial charge in [0.25, 0.3) is 0 Å². The van der Waals surface area contributed by atoms with Crippen LogP contribution < -0.4 is 51.4 Å². The van der Waals surface area contributed by atoms with Gasteiger partial charge in [0.15, 0.2) is 0 Å². The third-order valence-electron chi connectivity index (χ3n) is 4.71. The monoisotopic (exact) mass is 402 g/mol. The summed E-state index contributed by atoms with van der Waals surface area (Å²) in [6.07, 6.45) is 13.9. The first-order valence-electron chi connectivity index (χ1n) is 10.0. The molecule has 0 saturated carbocycles. The quantitative estimate of drug-likeness (QED) is 0.230. The zero-order valence-electron chi connectivity index (χ0n) is 16.8. The summed E-state index contributed by atoms with van der Waals surface area (Å²) in [4.78, 5) is 0. The van der Waals surface area contributed by atoms with E-state index >= 15 is 0 Å². The molecule has 4 nitrogen and oxygen atoms in total. The standard InChI is InChI=1S/C19H40O4S.K/c1-3-5-7-9-10-11-12-13-15-18(20)17-19(24(21,22)23)16-14-8-6-4-2;/h18-20H,3-17H2,1-2H3,(H,21,22,23);/q;+1/p-1.